The summed E-state index contributed by atoms with van der Waals surface area (Å²) in [5.41, 5.74) is 6.96. The molecule has 0 radical (unpaired) electrons. The van der Waals surface area contributed by atoms with Crippen molar-refractivity contribution in [1.82, 2.24) is 0 Å². The Morgan fingerprint density at radius 1 is 1.14 bits per heavy atom. The summed E-state index contributed by atoms with van der Waals surface area (Å²) in [6.07, 6.45) is -3.97. The molecule has 2 aromatic carbocycles. The summed E-state index contributed by atoms with van der Waals surface area (Å²) in [5, 5.41) is 2.74. The van der Waals surface area contributed by atoms with Gasteiger partial charge in [-0.05, 0) is 18.2 Å². The lowest BCUT2D eigenvalue weighted by Gasteiger charge is -2.12. The molecule has 0 saturated carbocycles. The molecule has 0 fully saturated rings. The van der Waals surface area contributed by atoms with Crippen LogP contribution in [0.15, 0.2) is 47.5 Å². The fraction of sp³-hybridized carbons (Fsp3) is 0.278. The number of ether oxygens (including phenoxy) is 3. The van der Waals surface area contributed by atoms with E-state index in [1.165, 1.54) is 18.2 Å². The normalized spacial score (nSPS) is 13.9. The van der Waals surface area contributed by atoms with E-state index >= 15 is 0 Å². The third-order valence-electron chi connectivity index (χ3n) is 3.61. The minimum absolute atomic E-state index is 0. The van der Waals surface area contributed by atoms with Crippen molar-refractivity contribution in [2.45, 2.75) is 19.3 Å². The molecule has 3 rings (SSSR count). The van der Waals surface area contributed by atoms with Gasteiger partial charge in [0.05, 0.1) is 19.8 Å². The summed E-state index contributed by atoms with van der Waals surface area (Å²) in [5.74, 6) is 0.987. The van der Waals surface area contributed by atoms with E-state index in [1.54, 1.807) is 6.07 Å². The number of para-hydroxylation sites is 1. The number of anilines is 1. The molecular formula is C18H19F3IN3O3. The molecule has 0 atom stereocenters. The van der Waals surface area contributed by atoms with Gasteiger partial charge in [-0.3, -0.25) is 0 Å². The highest BCUT2D eigenvalue weighted by molar-refractivity contribution is 14.0. The van der Waals surface area contributed by atoms with E-state index in [2.05, 4.69) is 15.0 Å². The number of nitrogens with zero attached hydrogens (tertiary/aromatic N) is 1. The van der Waals surface area contributed by atoms with Gasteiger partial charge in [-0.15, -0.1) is 37.1 Å². The zero-order valence-corrected chi connectivity index (χ0v) is 17.0. The molecular weight excluding hydrogens is 490 g/mol. The number of guanidine groups is 1. The Bertz CT molecular complexity index is 831. The van der Waals surface area contributed by atoms with Gasteiger partial charge >= 0.3 is 6.36 Å². The third-order valence-corrected chi connectivity index (χ3v) is 3.61. The molecule has 6 nitrogen and oxygen atoms in total. The predicted octanol–water partition coefficient (Wildman–Crippen LogP) is 4.29. The molecule has 0 saturated heterocycles. The van der Waals surface area contributed by atoms with Gasteiger partial charge in [0.15, 0.2) is 17.5 Å². The number of halogens is 4. The molecule has 152 valence electrons. The van der Waals surface area contributed by atoms with E-state index in [0.717, 1.165) is 12.0 Å². The van der Waals surface area contributed by atoms with Crippen LogP contribution in [0, 0.1) is 0 Å². The van der Waals surface area contributed by atoms with Gasteiger partial charge in [0, 0.05) is 23.7 Å². The highest BCUT2D eigenvalue weighted by Gasteiger charge is 2.31. The number of rotatable bonds is 4. The van der Waals surface area contributed by atoms with E-state index in [-0.39, 0.29) is 42.2 Å². The van der Waals surface area contributed by atoms with Crippen LogP contribution in [-0.2, 0) is 6.54 Å². The Morgan fingerprint density at radius 2 is 1.89 bits per heavy atom. The summed E-state index contributed by atoms with van der Waals surface area (Å²) in [7, 11) is 0. The molecule has 0 bridgehead atoms. The monoisotopic (exact) mass is 509 g/mol. The molecule has 0 amide bonds. The summed E-state index contributed by atoms with van der Waals surface area (Å²) < 4.78 is 52.1. The number of hydrogen-bond acceptors (Lipinski definition) is 4. The van der Waals surface area contributed by atoms with Crippen LogP contribution in [0.4, 0.5) is 18.9 Å². The number of nitrogens with one attached hydrogen (secondary N) is 1. The first-order valence-corrected chi connectivity index (χ1v) is 8.21. The number of nitrogens with two attached hydrogens (primary N) is 1. The second-order valence-electron chi connectivity index (χ2n) is 5.70. The fourth-order valence-electron chi connectivity index (χ4n) is 2.51. The first-order valence-electron chi connectivity index (χ1n) is 8.21. The molecule has 28 heavy (non-hydrogen) atoms. The summed E-state index contributed by atoms with van der Waals surface area (Å²) in [6.45, 7) is 1.36. The summed E-state index contributed by atoms with van der Waals surface area (Å²) in [4.78, 5) is 4.22. The molecule has 1 aliphatic heterocycles. The van der Waals surface area contributed by atoms with Crippen molar-refractivity contribution in [3.8, 4) is 17.2 Å². The average molecular weight is 509 g/mol. The second-order valence-corrected chi connectivity index (χ2v) is 5.70. The van der Waals surface area contributed by atoms with Crippen molar-refractivity contribution < 1.29 is 27.4 Å². The van der Waals surface area contributed by atoms with Gasteiger partial charge in [0.25, 0.3) is 0 Å². The molecule has 2 aromatic rings. The van der Waals surface area contributed by atoms with E-state index < -0.39 is 6.36 Å². The molecule has 1 heterocycles. The van der Waals surface area contributed by atoms with Crippen molar-refractivity contribution >= 4 is 35.6 Å². The van der Waals surface area contributed by atoms with Crippen molar-refractivity contribution in [2.24, 2.45) is 10.7 Å². The van der Waals surface area contributed by atoms with Gasteiger partial charge < -0.3 is 25.3 Å². The van der Waals surface area contributed by atoms with Crippen molar-refractivity contribution in [3.63, 3.8) is 0 Å². The lowest BCUT2D eigenvalue weighted by Crippen LogP contribution is -2.23. The van der Waals surface area contributed by atoms with Crippen molar-refractivity contribution in [1.29, 1.82) is 0 Å². The SMILES string of the molecule is I.NC(=NCc1cccc2c1OCCCO2)Nc1cccc(OC(F)(F)F)c1. The van der Waals surface area contributed by atoms with Crippen LogP contribution in [0.3, 0.4) is 0 Å². The minimum atomic E-state index is -4.76. The number of alkyl halides is 3. The van der Waals surface area contributed by atoms with E-state index in [4.69, 9.17) is 15.2 Å². The Morgan fingerprint density at radius 3 is 2.68 bits per heavy atom. The number of aliphatic imine (C=N–C) groups is 1. The van der Waals surface area contributed by atoms with Gasteiger partial charge in [-0.25, -0.2) is 4.99 Å². The van der Waals surface area contributed by atoms with Crippen molar-refractivity contribution in [2.75, 3.05) is 18.5 Å². The zero-order valence-electron chi connectivity index (χ0n) is 14.7. The van der Waals surface area contributed by atoms with Crippen LogP contribution < -0.4 is 25.3 Å². The maximum atomic E-state index is 12.3. The van der Waals surface area contributed by atoms with Gasteiger partial charge in [-0.2, -0.15) is 0 Å². The number of hydrogen-bond donors (Lipinski definition) is 2. The van der Waals surface area contributed by atoms with Crippen LogP contribution in [-0.4, -0.2) is 25.5 Å². The smallest absolute Gasteiger partial charge is 0.490 e. The van der Waals surface area contributed by atoms with Crippen LogP contribution in [0.2, 0.25) is 0 Å². The summed E-state index contributed by atoms with van der Waals surface area (Å²) in [6, 6.07) is 10.9. The zero-order chi connectivity index (χ0) is 19.3. The quantitative estimate of drug-likeness (QED) is 0.366. The first kappa shape index (κ1) is 21.9. The highest BCUT2D eigenvalue weighted by Crippen LogP contribution is 2.33. The third kappa shape index (κ3) is 6.36. The van der Waals surface area contributed by atoms with E-state index in [9.17, 15) is 13.2 Å². The summed E-state index contributed by atoms with van der Waals surface area (Å²) >= 11 is 0. The highest BCUT2D eigenvalue weighted by atomic mass is 127. The molecule has 0 aliphatic carbocycles. The number of benzene rings is 2. The lowest BCUT2D eigenvalue weighted by molar-refractivity contribution is -0.274. The largest absolute Gasteiger partial charge is 0.573 e. The van der Waals surface area contributed by atoms with Crippen LogP contribution in [0.1, 0.15) is 12.0 Å². The Kier molecular flexibility index (Phi) is 7.61. The fourth-order valence-corrected chi connectivity index (χ4v) is 2.51. The van der Waals surface area contributed by atoms with Gasteiger partial charge in [-0.1, -0.05) is 18.2 Å². The standard InChI is InChI=1S/C18H18F3N3O3.HI/c19-18(20,21)27-14-6-2-5-13(10-14)24-17(22)23-11-12-4-1-7-15-16(12)26-9-3-8-25-15;/h1-2,4-7,10H,3,8-9,11H2,(H3,22,23,24);1H. The minimum Gasteiger partial charge on any atom is -0.490 e. The molecule has 3 N–H and O–H groups in total. The van der Waals surface area contributed by atoms with Gasteiger partial charge in [0.1, 0.15) is 5.75 Å². The molecule has 1 aliphatic rings. The maximum absolute atomic E-state index is 12.3. The molecule has 10 heteroatoms. The Hall–Kier alpha value is -2.37. The number of fused-ring (bicyclic) bond motifs is 1. The second kappa shape index (κ2) is 9.71. The predicted molar refractivity (Wildman–Crippen MR) is 110 cm³/mol. The van der Waals surface area contributed by atoms with Gasteiger partial charge in [0.2, 0.25) is 0 Å². The van der Waals surface area contributed by atoms with Crippen LogP contribution >= 0.6 is 24.0 Å². The Balaban J connectivity index is 0.00000280. The molecule has 0 spiro atoms. The average Bonchev–Trinajstić information content (AvgIpc) is 2.84. The maximum Gasteiger partial charge on any atom is 0.573 e. The van der Waals surface area contributed by atoms with E-state index in [1.807, 2.05) is 18.2 Å². The molecule has 0 unspecified atom stereocenters. The van der Waals surface area contributed by atoms with E-state index in [0.29, 0.717) is 30.4 Å². The van der Waals surface area contributed by atoms with Crippen LogP contribution in [0.25, 0.3) is 0 Å². The first-order chi connectivity index (χ1) is 12.9. The molecule has 0 aromatic heterocycles. The van der Waals surface area contributed by atoms with Crippen LogP contribution in [0.5, 0.6) is 17.2 Å². The van der Waals surface area contributed by atoms with Crippen molar-refractivity contribution in [3.05, 3.63) is 48.0 Å². The Labute approximate surface area is 176 Å². The topological polar surface area (TPSA) is 78.1 Å². The lowest BCUT2D eigenvalue weighted by atomic mass is 10.2.